The van der Waals surface area contributed by atoms with E-state index >= 15 is 0 Å². The van der Waals surface area contributed by atoms with Crippen molar-refractivity contribution in [2.75, 3.05) is 12.8 Å². The first-order chi connectivity index (χ1) is 7.02. The van der Waals surface area contributed by atoms with Gasteiger partial charge in [0.1, 0.15) is 0 Å². The summed E-state index contributed by atoms with van der Waals surface area (Å²) in [5.74, 6) is -0.460. The van der Waals surface area contributed by atoms with Crippen molar-refractivity contribution < 1.29 is 9.53 Å². The van der Waals surface area contributed by atoms with E-state index in [2.05, 4.69) is 14.7 Å². The van der Waals surface area contributed by atoms with Crippen LogP contribution >= 0.6 is 0 Å². The van der Waals surface area contributed by atoms with Crippen LogP contribution in [0.5, 0.6) is 0 Å². The maximum Gasteiger partial charge on any atom is 0.356 e. The van der Waals surface area contributed by atoms with Crippen molar-refractivity contribution in [3.05, 3.63) is 23.0 Å². The Morgan fingerprint density at radius 2 is 2.13 bits per heavy atom. The van der Waals surface area contributed by atoms with Gasteiger partial charge in [0.2, 0.25) is 5.95 Å². The minimum atomic E-state index is -0.521. The third-order valence-corrected chi connectivity index (χ3v) is 1.59. The lowest BCUT2D eigenvalue weighted by Crippen LogP contribution is -2.08. The summed E-state index contributed by atoms with van der Waals surface area (Å²) in [6, 6.07) is 1.54. The number of methoxy groups -OCH3 is 1. The highest BCUT2D eigenvalue weighted by molar-refractivity contribution is 5.88. The van der Waals surface area contributed by atoms with Gasteiger partial charge in [0.15, 0.2) is 5.69 Å². The molecule has 0 spiro atoms. The lowest BCUT2D eigenvalue weighted by Gasteiger charge is -2.01. The number of anilines is 1. The van der Waals surface area contributed by atoms with Gasteiger partial charge in [-0.3, -0.25) is 0 Å². The zero-order valence-corrected chi connectivity index (χ0v) is 8.94. The van der Waals surface area contributed by atoms with Gasteiger partial charge in [-0.2, -0.15) is 0 Å². The maximum absolute atomic E-state index is 11.2. The average Bonchev–Trinajstić information content (AvgIpc) is 2.14. The second-order valence-electron chi connectivity index (χ2n) is 3.25. The number of carbonyl (C=O) groups excluding carboxylic acids is 1. The van der Waals surface area contributed by atoms with Crippen LogP contribution in [0, 0.1) is 0 Å². The molecular formula is C10H13N3O2. The van der Waals surface area contributed by atoms with Gasteiger partial charge in [0.05, 0.1) is 12.8 Å². The quantitative estimate of drug-likeness (QED) is 0.739. The molecule has 0 aliphatic carbocycles. The molecule has 0 unspecified atom stereocenters. The van der Waals surface area contributed by atoms with Gasteiger partial charge >= 0.3 is 5.97 Å². The zero-order valence-electron chi connectivity index (χ0n) is 8.94. The van der Waals surface area contributed by atoms with E-state index in [9.17, 15) is 4.79 Å². The highest BCUT2D eigenvalue weighted by atomic mass is 16.5. The molecule has 0 fully saturated rings. The number of hydrogen-bond acceptors (Lipinski definition) is 5. The normalized spacial score (nSPS) is 9.53. The number of esters is 1. The summed E-state index contributed by atoms with van der Waals surface area (Å²) in [6.07, 6.45) is 1.81. The molecule has 15 heavy (non-hydrogen) atoms. The smallest absolute Gasteiger partial charge is 0.356 e. The SMILES string of the molecule is COC(=O)c1cc(C=C(C)C)nc(N)n1. The predicted octanol–water partition coefficient (Wildman–Crippen LogP) is 1.27. The van der Waals surface area contributed by atoms with Crippen LogP contribution < -0.4 is 5.73 Å². The van der Waals surface area contributed by atoms with Crippen LogP contribution in [0.2, 0.25) is 0 Å². The fourth-order valence-electron chi connectivity index (χ4n) is 1.06. The molecule has 0 radical (unpaired) electrons. The van der Waals surface area contributed by atoms with E-state index in [0.29, 0.717) is 5.69 Å². The molecule has 1 aromatic rings. The molecule has 0 bridgehead atoms. The molecule has 0 aliphatic heterocycles. The van der Waals surface area contributed by atoms with Crippen LogP contribution in [0.3, 0.4) is 0 Å². The Morgan fingerprint density at radius 1 is 1.47 bits per heavy atom. The summed E-state index contributed by atoms with van der Waals surface area (Å²) in [6.45, 7) is 3.85. The van der Waals surface area contributed by atoms with E-state index in [0.717, 1.165) is 5.57 Å². The molecule has 0 saturated carbocycles. The number of rotatable bonds is 2. The van der Waals surface area contributed by atoms with E-state index in [1.54, 1.807) is 0 Å². The lowest BCUT2D eigenvalue weighted by atomic mass is 10.2. The van der Waals surface area contributed by atoms with Crippen molar-refractivity contribution in [2.24, 2.45) is 0 Å². The van der Waals surface area contributed by atoms with E-state index in [1.807, 2.05) is 19.9 Å². The summed E-state index contributed by atoms with van der Waals surface area (Å²) in [4.78, 5) is 19.0. The third-order valence-electron chi connectivity index (χ3n) is 1.59. The highest BCUT2D eigenvalue weighted by Gasteiger charge is 2.09. The number of hydrogen-bond donors (Lipinski definition) is 1. The van der Waals surface area contributed by atoms with Gasteiger partial charge in [0.25, 0.3) is 0 Å². The van der Waals surface area contributed by atoms with Gasteiger partial charge in [-0.25, -0.2) is 14.8 Å². The van der Waals surface area contributed by atoms with Gasteiger partial charge in [-0.05, 0) is 26.0 Å². The Balaban J connectivity index is 3.16. The van der Waals surface area contributed by atoms with Gasteiger partial charge < -0.3 is 10.5 Å². The molecule has 0 aromatic carbocycles. The summed E-state index contributed by atoms with van der Waals surface area (Å²) < 4.78 is 4.55. The number of nitrogens with two attached hydrogens (primary N) is 1. The molecule has 80 valence electrons. The number of nitrogen functional groups attached to an aromatic ring is 1. The fraction of sp³-hybridized carbons (Fsp3) is 0.300. The summed E-state index contributed by atoms with van der Waals surface area (Å²) in [5, 5.41) is 0. The van der Waals surface area contributed by atoms with Crippen molar-refractivity contribution in [1.82, 2.24) is 9.97 Å². The first-order valence-electron chi connectivity index (χ1n) is 4.40. The largest absolute Gasteiger partial charge is 0.464 e. The zero-order chi connectivity index (χ0) is 11.4. The standard InChI is InChI=1S/C10H13N3O2/c1-6(2)4-7-5-8(9(14)15-3)13-10(11)12-7/h4-5H,1-3H3,(H2,11,12,13). The Bertz CT molecular complexity index is 409. The highest BCUT2D eigenvalue weighted by Crippen LogP contribution is 2.08. The predicted molar refractivity (Wildman–Crippen MR) is 57.1 cm³/mol. The molecule has 2 N–H and O–H groups in total. The van der Waals surface area contributed by atoms with Crippen molar-refractivity contribution in [3.8, 4) is 0 Å². The molecule has 1 aromatic heterocycles. The number of ether oxygens (including phenoxy) is 1. The van der Waals surface area contributed by atoms with E-state index in [-0.39, 0.29) is 11.6 Å². The summed E-state index contributed by atoms with van der Waals surface area (Å²) in [5.41, 5.74) is 7.29. The van der Waals surface area contributed by atoms with E-state index < -0.39 is 5.97 Å². The minimum absolute atomic E-state index is 0.0606. The Kier molecular flexibility index (Phi) is 3.38. The lowest BCUT2D eigenvalue weighted by molar-refractivity contribution is 0.0594. The van der Waals surface area contributed by atoms with Gasteiger partial charge in [0, 0.05) is 0 Å². The summed E-state index contributed by atoms with van der Waals surface area (Å²) >= 11 is 0. The second kappa shape index (κ2) is 4.54. The second-order valence-corrected chi connectivity index (χ2v) is 3.25. The number of nitrogens with zero attached hydrogens (tertiary/aromatic N) is 2. The maximum atomic E-state index is 11.2. The first kappa shape index (κ1) is 11.2. The van der Waals surface area contributed by atoms with Crippen LogP contribution in [0.1, 0.15) is 30.0 Å². The topological polar surface area (TPSA) is 78.1 Å². The van der Waals surface area contributed by atoms with Crippen molar-refractivity contribution >= 4 is 18.0 Å². The monoisotopic (exact) mass is 207 g/mol. The van der Waals surface area contributed by atoms with Crippen molar-refractivity contribution in [3.63, 3.8) is 0 Å². The Hall–Kier alpha value is -1.91. The van der Waals surface area contributed by atoms with Crippen LogP contribution in [0.4, 0.5) is 5.95 Å². The van der Waals surface area contributed by atoms with Crippen LogP contribution in [-0.2, 0) is 4.74 Å². The van der Waals surface area contributed by atoms with E-state index in [1.165, 1.54) is 13.2 Å². The molecule has 1 heterocycles. The number of allylic oxidation sites excluding steroid dienone is 1. The molecule has 0 amide bonds. The molecule has 0 atom stereocenters. The number of carbonyl (C=O) groups is 1. The Labute approximate surface area is 88.0 Å². The molecule has 0 saturated heterocycles. The molecule has 1 rings (SSSR count). The average molecular weight is 207 g/mol. The molecule has 5 heteroatoms. The fourth-order valence-corrected chi connectivity index (χ4v) is 1.06. The summed E-state index contributed by atoms with van der Waals surface area (Å²) in [7, 11) is 1.29. The first-order valence-corrected chi connectivity index (χ1v) is 4.40. The Morgan fingerprint density at radius 3 is 2.67 bits per heavy atom. The van der Waals surface area contributed by atoms with Crippen molar-refractivity contribution in [1.29, 1.82) is 0 Å². The minimum Gasteiger partial charge on any atom is -0.464 e. The van der Waals surface area contributed by atoms with Crippen molar-refractivity contribution in [2.45, 2.75) is 13.8 Å². The van der Waals surface area contributed by atoms with Crippen LogP contribution in [0.15, 0.2) is 11.6 Å². The third kappa shape index (κ3) is 3.05. The van der Waals surface area contributed by atoms with Gasteiger partial charge in [-0.1, -0.05) is 5.57 Å². The molecular weight excluding hydrogens is 194 g/mol. The molecule has 5 nitrogen and oxygen atoms in total. The molecule has 0 aliphatic rings. The van der Waals surface area contributed by atoms with Crippen LogP contribution in [-0.4, -0.2) is 23.0 Å². The van der Waals surface area contributed by atoms with E-state index in [4.69, 9.17) is 5.73 Å². The number of aromatic nitrogens is 2. The van der Waals surface area contributed by atoms with Crippen LogP contribution in [0.25, 0.3) is 6.08 Å². The van der Waals surface area contributed by atoms with Gasteiger partial charge in [-0.15, -0.1) is 0 Å².